The SMILES string of the molecule is Cn1cnc2c(=O)n(-c3ccc(Cl)cc3)c(CCC3CCCC3)nc21. The average molecular weight is 357 g/mol. The molecule has 1 aliphatic rings. The van der Waals surface area contributed by atoms with E-state index in [1.165, 1.54) is 25.7 Å². The maximum Gasteiger partial charge on any atom is 0.286 e. The molecule has 0 radical (unpaired) electrons. The summed E-state index contributed by atoms with van der Waals surface area (Å²) in [5.74, 6) is 1.55. The van der Waals surface area contributed by atoms with E-state index in [-0.39, 0.29) is 5.56 Å². The second kappa shape index (κ2) is 6.64. The van der Waals surface area contributed by atoms with Gasteiger partial charge >= 0.3 is 0 Å². The van der Waals surface area contributed by atoms with Crippen LogP contribution in [0.2, 0.25) is 5.02 Å². The standard InChI is InChI=1S/C19H21ClN4O/c1-23-12-21-17-18(23)22-16(11-6-13-4-2-3-5-13)24(19(17)25)15-9-7-14(20)8-10-15/h7-10,12-13H,2-6,11H2,1H3. The zero-order valence-corrected chi connectivity index (χ0v) is 15.0. The van der Waals surface area contributed by atoms with Crippen LogP contribution in [0, 0.1) is 5.92 Å². The lowest BCUT2D eigenvalue weighted by atomic mass is 10.0. The molecular formula is C19H21ClN4O. The second-order valence-corrected chi connectivity index (χ2v) is 7.30. The third-order valence-corrected chi connectivity index (χ3v) is 5.39. The number of nitrogens with zero attached hydrogens (tertiary/aromatic N) is 4. The fourth-order valence-corrected chi connectivity index (χ4v) is 3.88. The Morgan fingerprint density at radius 1 is 1.20 bits per heavy atom. The van der Waals surface area contributed by atoms with E-state index in [0.717, 1.165) is 30.3 Å². The van der Waals surface area contributed by atoms with E-state index in [2.05, 4.69) is 4.98 Å². The largest absolute Gasteiger partial charge is 0.318 e. The summed E-state index contributed by atoms with van der Waals surface area (Å²) in [7, 11) is 1.87. The molecule has 1 fully saturated rings. The maximum atomic E-state index is 13.1. The van der Waals surface area contributed by atoms with E-state index in [0.29, 0.717) is 16.2 Å². The van der Waals surface area contributed by atoms with Crippen LogP contribution in [0.3, 0.4) is 0 Å². The fourth-order valence-electron chi connectivity index (χ4n) is 3.76. The summed E-state index contributed by atoms with van der Waals surface area (Å²) >= 11 is 6.01. The molecule has 0 aliphatic heterocycles. The van der Waals surface area contributed by atoms with Crippen LogP contribution in [0.1, 0.15) is 37.9 Å². The molecule has 25 heavy (non-hydrogen) atoms. The van der Waals surface area contributed by atoms with Crippen molar-refractivity contribution in [3.63, 3.8) is 0 Å². The molecule has 0 bridgehead atoms. The van der Waals surface area contributed by atoms with Gasteiger partial charge in [0.2, 0.25) is 0 Å². The summed E-state index contributed by atoms with van der Waals surface area (Å²) in [5, 5.41) is 0.649. The zero-order valence-electron chi connectivity index (χ0n) is 14.3. The Bertz CT molecular complexity index is 952. The van der Waals surface area contributed by atoms with Crippen LogP contribution in [-0.2, 0) is 13.5 Å². The minimum Gasteiger partial charge on any atom is -0.318 e. The van der Waals surface area contributed by atoms with Crippen molar-refractivity contribution in [2.24, 2.45) is 13.0 Å². The van der Waals surface area contributed by atoms with Crippen molar-refractivity contribution >= 4 is 22.8 Å². The smallest absolute Gasteiger partial charge is 0.286 e. The number of imidazole rings is 1. The van der Waals surface area contributed by atoms with Gasteiger partial charge in [0.15, 0.2) is 11.2 Å². The summed E-state index contributed by atoms with van der Waals surface area (Å²) in [6.45, 7) is 0. The molecule has 130 valence electrons. The van der Waals surface area contributed by atoms with Crippen LogP contribution in [0.15, 0.2) is 35.4 Å². The van der Waals surface area contributed by atoms with Gasteiger partial charge < -0.3 is 4.57 Å². The van der Waals surface area contributed by atoms with Crippen LogP contribution >= 0.6 is 11.6 Å². The highest BCUT2D eigenvalue weighted by Gasteiger charge is 2.19. The van der Waals surface area contributed by atoms with E-state index >= 15 is 0 Å². The molecule has 3 aromatic rings. The summed E-state index contributed by atoms with van der Waals surface area (Å²) in [5.41, 5.74) is 1.73. The third-order valence-electron chi connectivity index (χ3n) is 5.14. The number of aryl methyl sites for hydroxylation is 2. The molecule has 0 atom stereocenters. The first-order chi connectivity index (χ1) is 12.1. The van der Waals surface area contributed by atoms with E-state index in [1.807, 2.05) is 23.7 Å². The number of hydrogen-bond donors (Lipinski definition) is 0. The minimum atomic E-state index is -0.116. The first kappa shape index (κ1) is 16.3. The van der Waals surface area contributed by atoms with Crippen LogP contribution in [0.4, 0.5) is 0 Å². The minimum absolute atomic E-state index is 0.116. The highest BCUT2D eigenvalue weighted by molar-refractivity contribution is 6.30. The van der Waals surface area contributed by atoms with Gasteiger partial charge in [-0.2, -0.15) is 0 Å². The first-order valence-corrected chi connectivity index (χ1v) is 9.20. The van der Waals surface area contributed by atoms with Gasteiger partial charge in [-0.15, -0.1) is 0 Å². The summed E-state index contributed by atoms with van der Waals surface area (Å²) in [4.78, 5) is 22.1. The zero-order chi connectivity index (χ0) is 17.4. The normalized spacial score (nSPS) is 15.3. The van der Waals surface area contributed by atoms with Crippen molar-refractivity contribution in [1.29, 1.82) is 0 Å². The van der Waals surface area contributed by atoms with Crippen molar-refractivity contribution < 1.29 is 0 Å². The van der Waals surface area contributed by atoms with Gasteiger partial charge in [0, 0.05) is 18.5 Å². The lowest BCUT2D eigenvalue weighted by Gasteiger charge is -2.14. The molecule has 1 aliphatic carbocycles. The van der Waals surface area contributed by atoms with Gasteiger partial charge in [0.1, 0.15) is 5.82 Å². The van der Waals surface area contributed by atoms with Crippen LogP contribution in [0.25, 0.3) is 16.9 Å². The van der Waals surface area contributed by atoms with Crippen molar-refractivity contribution in [2.45, 2.75) is 38.5 Å². The van der Waals surface area contributed by atoms with Crippen LogP contribution < -0.4 is 5.56 Å². The van der Waals surface area contributed by atoms with E-state index in [4.69, 9.17) is 16.6 Å². The predicted molar refractivity (Wildman–Crippen MR) is 99.4 cm³/mol. The molecule has 1 aromatic carbocycles. The van der Waals surface area contributed by atoms with E-state index < -0.39 is 0 Å². The molecule has 0 spiro atoms. The Hall–Kier alpha value is -2.14. The topological polar surface area (TPSA) is 52.7 Å². The maximum absolute atomic E-state index is 13.1. The molecule has 0 saturated heterocycles. The lowest BCUT2D eigenvalue weighted by molar-refractivity contribution is 0.493. The predicted octanol–water partition coefficient (Wildman–Crippen LogP) is 3.90. The highest BCUT2D eigenvalue weighted by Crippen LogP contribution is 2.28. The Morgan fingerprint density at radius 2 is 1.92 bits per heavy atom. The molecule has 2 heterocycles. The van der Waals surface area contributed by atoms with E-state index in [1.54, 1.807) is 23.0 Å². The van der Waals surface area contributed by atoms with Crippen molar-refractivity contribution in [3.8, 4) is 5.69 Å². The second-order valence-electron chi connectivity index (χ2n) is 6.86. The van der Waals surface area contributed by atoms with Gasteiger partial charge in [-0.1, -0.05) is 37.3 Å². The molecule has 0 amide bonds. The van der Waals surface area contributed by atoms with Crippen molar-refractivity contribution in [3.05, 3.63) is 51.8 Å². The summed E-state index contributed by atoms with van der Waals surface area (Å²) < 4.78 is 3.50. The van der Waals surface area contributed by atoms with Gasteiger partial charge in [0.05, 0.1) is 12.0 Å². The van der Waals surface area contributed by atoms with Gasteiger partial charge in [-0.3, -0.25) is 9.36 Å². The van der Waals surface area contributed by atoms with Crippen LogP contribution in [0.5, 0.6) is 0 Å². The third kappa shape index (κ3) is 3.09. The number of hydrogen-bond acceptors (Lipinski definition) is 3. The molecule has 0 unspecified atom stereocenters. The Kier molecular flexibility index (Phi) is 4.34. The highest BCUT2D eigenvalue weighted by atomic mass is 35.5. The molecule has 5 nitrogen and oxygen atoms in total. The summed E-state index contributed by atoms with van der Waals surface area (Å²) in [6, 6.07) is 7.32. The first-order valence-electron chi connectivity index (χ1n) is 8.82. The summed E-state index contributed by atoms with van der Waals surface area (Å²) in [6.07, 6.45) is 8.74. The number of halogens is 1. The Labute approximate surface area is 151 Å². The lowest BCUT2D eigenvalue weighted by Crippen LogP contribution is -2.24. The molecule has 1 saturated carbocycles. The number of fused-ring (bicyclic) bond motifs is 1. The van der Waals surface area contributed by atoms with Gasteiger partial charge in [0.25, 0.3) is 5.56 Å². The monoisotopic (exact) mass is 356 g/mol. The molecule has 0 N–H and O–H groups in total. The van der Waals surface area contributed by atoms with Crippen LogP contribution in [-0.4, -0.2) is 19.1 Å². The number of aromatic nitrogens is 4. The number of benzene rings is 1. The average Bonchev–Trinajstić information content (AvgIpc) is 3.25. The quantitative estimate of drug-likeness (QED) is 0.712. The Balaban J connectivity index is 1.82. The molecule has 4 rings (SSSR count). The molecule has 2 aromatic heterocycles. The van der Waals surface area contributed by atoms with Crippen molar-refractivity contribution in [2.75, 3.05) is 0 Å². The molecule has 6 heteroatoms. The molecular weight excluding hydrogens is 336 g/mol. The van der Waals surface area contributed by atoms with Crippen molar-refractivity contribution in [1.82, 2.24) is 19.1 Å². The fraction of sp³-hybridized carbons (Fsp3) is 0.421. The van der Waals surface area contributed by atoms with E-state index in [9.17, 15) is 4.79 Å². The Morgan fingerprint density at radius 3 is 2.64 bits per heavy atom. The van der Waals surface area contributed by atoms with Gasteiger partial charge in [-0.05, 0) is 36.6 Å². The van der Waals surface area contributed by atoms with Gasteiger partial charge in [-0.25, -0.2) is 9.97 Å². The number of rotatable bonds is 4.